The van der Waals surface area contributed by atoms with Gasteiger partial charge in [0.1, 0.15) is 0 Å². The fourth-order valence-electron chi connectivity index (χ4n) is 2.05. The molecule has 0 amide bonds. The monoisotopic (exact) mass is 249 g/mol. The van der Waals surface area contributed by atoms with Gasteiger partial charge in [-0.15, -0.1) is 0 Å². The molecule has 0 radical (unpaired) electrons. The second-order valence-corrected chi connectivity index (χ2v) is 6.08. The number of hydrogen-bond donors (Lipinski definition) is 2. The Morgan fingerprint density at radius 2 is 1.61 bits per heavy atom. The maximum Gasteiger partial charge on any atom is 0.0814 e. The van der Waals surface area contributed by atoms with Gasteiger partial charge in [-0.05, 0) is 29.9 Å². The Morgan fingerprint density at radius 1 is 1.06 bits per heavy atom. The van der Waals surface area contributed by atoms with Crippen LogP contribution in [0.2, 0.25) is 0 Å². The lowest BCUT2D eigenvalue weighted by molar-refractivity contribution is 0.0457. The van der Waals surface area contributed by atoms with E-state index in [1.807, 2.05) is 19.9 Å². The van der Waals surface area contributed by atoms with Crippen molar-refractivity contribution in [2.24, 2.45) is 0 Å². The maximum atomic E-state index is 10.3. The molecule has 0 aliphatic heterocycles. The van der Waals surface area contributed by atoms with E-state index < -0.39 is 5.60 Å². The maximum absolute atomic E-state index is 10.3. The van der Waals surface area contributed by atoms with E-state index >= 15 is 0 Å². The molecule has 0 saturated carbocycles. The third-order valence-corrected chi connectivity index (χ3v) is 3.66. The van der Waals surface area contributed by atoms with Gasteiger partial charge in [0.25, 0.3) is 0 Å². The van der Waals surface area contributed by atoms with Crippen LogP contribution in [-0.2, 0) is 5.41 Å². The average Bonchev–Trinajstić information content (AvgIpc) is 2.35. The number of benzene rings is 1. The van der Waals surface area contributed by atoms with Gasteiger partial charge in [0.2, 0.25) is 0 Å². The third-order valence-electron chi connectivity index (χ3n) is 3.66. The minimum atomic E-state index is -0.606. The second kappa shape index (κ2) is 5.75. The van der Waals surface area contributed by atoms with E-state index in [2.05, 4.69) is 44.3 Å². The molecule has 0 aliphatic carbocycles. The van der Waals surface area contributed by atoms with Crippen LogP contribution in [0.1, 0.15) is 53.0 Å². The van der Waals surface area contributed by atoms with Crippen molar-refractivity contribution in [1.29, 1.82) is 0 Å². The largest absolute Gasteiger partial charge is 0.388 e. The molecule has 18 heavy (non-hydrogen) atoms. The summed E-state index contributed by atoms with van der Waals surface area (Å²) < 4.78 is 0. The summed E-state index contributed by atoms with van der Waals surface area (Å²) in [5, 5.41) is 13.7. The summed E-state index contributed by atoms with van der Waals surface area (Å²) >= 11 is 0. The molecule has 0 aromatic heterocycles. The van der Waals surface area contributed by atoms with E-state index in [9.17, 15) is 5.11 Å². The van der Waals surface area contributed by atoms with Crippen LogP contribution in [0, 0.1) is 0 Å². The number of rotatable bonds is 5. The first-order valence-electron chi connectivity index (χ1n) is 6.88. The Morgan fingerprint density at radius 3 is 2.11 bits per heavy atom. The van der Waals surface area contributed by atoms with Gasteiger partial charge >= 0.3 is 0 Å². The Hall–Kier alpha value is -1.02. The number of hydrogen-bond acceptors (Lipinski definition) is 2. The van der Waals surface area contributed by atoms with Crippen LogP contribution in [0.15, 0.2) is 24.3 Å². The number of nitrogens with one attached hydrogen (secondary N) is 1. The van der Waals surface area contributed by atoms with Crippen LogP contribution in [0.4, 0.5) is 5.69 Å². The van der Waals surface area contributed by atoms with E-state index in [1.165, 1.54) is 5.56 Å². The number of para-hydroxylation sites is 1. The van der Waals surface area contributed by atoms with E-state index in [1.54, 1.807) is 0 Å². The summed E-state index contributed by atoms with van der Waals surface area (Å²) in [7, 11) is 0. The highest BCUT2D eigenvalue weighted by molar-refractivity contribution is 5.54. The fraction of sp³-hybridized carbons (Fsp3) is 0.625. The highest BCUT2D eigenvalue weighted by atomic mass is 16.3. The summed E-state index contributed by atoms with van der Waals surface area (Å²) in [4.78, 5) is 0. The molecule has 0 aliphatic rings. The molecular formula is C16H27NO. The van der Waals surface area contributed by atoms with Crippen molar-refractivity contribution >= 4 is 5.69 Å². The van der Waals surface area contributed by atoms with Gasteiger partial charge < -0.3 is 10.4 Å². The molecular weight excluding hydrogens is 222 g/mol. The first-order chi connectivity index (χ1) is 8.32. The van der Waals surface area contributed by atoms with Crippen molar-refractivity contribution in [3.8, 4) is 0 Å². The topological polar surface area (TPSA) is 32.3 Å². The van der Waals surface area contributed by atoms with Gasteiger partial charge in [-0.25, -0.2) is 0 Å². The molecule has 0 saturated heterocycles. The van der Waals surface area contributed by atoms with Crippen molar-refractivity contribution in [1.82, 2.24) is 0 Å². The molecule has 0 atom stereocenters. The lowest BCUT2D eigenvalue weighted by Crippen LogP contribution is -2.35. The molecule has 0 unspecified atom stereocenters. The molecule has 0 spiro atoms. The van der Waals surface area contributed by atoms with Gasteiger partial charge in [-0.3, -0.25) is 0 Å². The van der Waals surface area contributed by atoms with Gasteiger partial charge in [0.15, 0.2) is 0 Å². The fourth-order valence-corrected chi connectivity index (χ4v) is 2.05. The molecule has 1 rings (SSSR count). The van der Waals surface area contributed by atoms with Gasteiger partial charge in [0, 0.05) is 12.2 Å². The third kappa shape index (κ3) is 3.74. The highest BCUT2D eigenvalue weighted by Gasteiger charge is 2.23. The molecule has 2 nitrogen and oxygen atoms in total. The zero-order valence-electron chi connectivity index (χ0n) is 12.4. The summed E-state index contributed by atoms with van der Waals surface area (Å²) in [6.45, 7) is 11.3. The Balaban J connectivity index is 2.86. The molecule has 0 heterocycles. The van der Waals surface area contributed by atoms with E-state index in [0.717, 1.165) is 18.5 Å². The van der Waals surface area contributed by atoms with Crippen molar-refractivity contribution < 1.29 is 5.11 Å². The van der Waals surface area contributed by atoms with Crippen LogP contribution in [0.25, 0.3) is 0 Å². The van der Waals surface area contributed by atoms with Crippen molar-refractivity contribution in [2.75, 3.05) is 11.9 Å². The van der Waals surface area contributed by atoms with Gasteiger partial charge in [0.05, 0.1) is 5.60 Å². The van der Waals surface area contributed by atoms with Gasteiger partial charge in [-0.2, -0.15) is 0 Å². The van der Waals surface area contributed by atoms with E-state index in [0.29, 0.717) is 6.54 Å². The Bertz CT molecular complexity index is 375. The van der Waals surface area contributed by atoms with Crippen LogP contribution >= 0.6 is 0 Å². The Kier molecular flexibility index (Phi) is 4.80. The number of anilines is 1. The van der Waals surface area contributed by atoms with Gasteiger partial charge in [-0.1, -0.05) is 52.8 Å². The predicted octanol–water partition coefficient (Wildman–Crippen LogP) is 3.95. The number of aliphatic hydroxyl groups is 1. The average molecular weight is 249 g/mol. The van der Waals surface area contributed by atoms with Crippen LogP contribution in [0.5, 0.6) is 0 Å². The first-order valence-corrected chi connectivity index (χ1v) is 6.88. The summed E-state index contributed by atoms with van der Waals surface area (Å²) in [6, 6.07) is 8.34. The lowest BCUT2D eigenvalue weighted by Gasteiger charge is -2.29. The first kappa shape index (κ1) is 15.0. The van der Waals surface area contributed by atoms with Crippen molar-refractivity contribution in [2.45, 2.75) is 58.5 Å². The molecule has 0 fully saturated rings. The highest BCUT2D eigenvalue weighted by Crippen LogP contribution is 2.29. The zero-order valence-corrected chi connectivity index (χ0v) is 12.4. The summed E-state index contributed by atoms with van der Waals surface area (Å²) in [5.41, 5.74) is 1.93. The smallest absolute Gasteiger partial charge is 0.0814 e. The summed E-state index contributed by atoms with van der Waals surface area (Å²) in [6.07, 6.45) is 1.54. The molecule has 102 valence electrons. The quantitative estimate of drug-likeness (QED) is 0.828. The summed E-state index contributed by atoms with van der Waals surface area (Å²) in [5.74, 6) is 0. The molecule has 2 heteroatoms. The van der Waals surface area contributed by atoms with E-state index in [4.69, 9.17) is 0 Å². The second-order valence-electron chi connectivity index (χ2n) is 6.08. The molecule has 0 bridgehead atoms. The SMILES string of the molecule is CCC(O)(CC)CNc1ccccc1C(C)(C)C. The van der Waals surface area contributed by atoms with Crippen LogP contribution < -0.4 is 5.32 Å². The predicted molar refractivity (Wildman–Crippen MR) is 79.2 cm³/mol. The zero-order chi connectivity index (χ0) is 13.8. The molecule has 1 aromatic carbocycles. The van der Waals surface area contributed by atoms with E-state index in [-0.39, 0.29) is 5.41 Å². The minimum Gasteiger partial charge on any atom is -0.388 e. The lowest BCUT2D eigenvalue weighted by atomic mass is 9.85. The minimum absolute atomic E-state index is 0.111. The standard InChI is InChI=1S/C16H27NO/c1-6-16(18,7-2)12-17-14-11-9-8-10-13(14)15(3,4)5/h8-11,17-18H,6-7,12H2,1-5H3. The van der Waals surface area contributed by atoms with Crippen LogP contribution in [0.3, 0.4) is 0 Å². The Labute approximate surface area is 111 Å². The normalized spacial score (nSPS) is 12.6. The van der Waals surface area contributed by atoms with Crippen molar-refractivity contribution in [3.05, 3.63) is 29.8 Å². The van der Waals surface area contributed by atoms with Crippen molar-refractivity contribution in [3.63, 3.8) is 0 Å². The molecule has 1 aromatic rings. The molecule has 2 N–H and O–H groups in total. The van der Waals surface area contributed by atoms with Crippen LogP contribution in [-0.4, -0.2) is 17.3 Å².